The fraction of sp³-hybridized carbons (Fsp3) is 0.435. The average Bonchev–Trinajstić information content (AvgIpc) is 2.62. The first kappa shape index (κ1) is 22.0. The van der Waals surface area contributed by atoms with Crippen LogP contribution in [0.2, 0.25) is 19.1 Å². The highest BCUT2D eigenvalue weighted by molar-refractivity contribution is 6.71. The van der Waals surface area contributed by atoms with Crippen molar-refractivity contribution in [3.05, 3.63) is 53.6 Å². The van der Waals surface area contributed by atoms with Crippen LogP contribution in [0.3, 0.4) is 0 Å². The van der Waals surface area contributed by atoms with Crippen molar-refractivity contribution in [3.63, 3.8) is 0 Å². The second kappa shape index (κ2) is 8.82. The highest BCUT2D eigenvalue weighted by Gasteiger charge is 2.24. The van der Waals surface area contributed by atoms with Gasteiger partial charge in [-0.1, -0.05) is 52.7 Å². The number of benzene rings is 2. The molecule has 0 aliphatic carbocycles. The van der Waals surface area contributed by atoms with Gasteiger partial charge in [-0.15, -0.1) is 0 Å². The Morgan fingerprint density at radius 3 is 2.32 bits per heavy atom. The first-order chi connectivity index (χ1) is 13.0. The van der Waals surface area contributed by atoms with Crippen LogP contribution in [-0.4, -0.2) is 14.2 Å². The van der Waals surface area contributed by atoms with E-state index in [2.05, 4.69) is 46.1 Å². The minimum atomic E-state index is -1.79. The summed E-state index contributed by atoms with van der Waals surface area (Å²) in [5.41, 5.74) is 9.05. The van der Waals surface area contributed by atoms with Gasteiger partial charge in [-0.25, -0.2) is 0 Å². The molecule has 0 aliphatic rings. The largest absolute Gasteiger partial charge is 0.544 e. The molecule has 0 fully saturated rings. The van der Waals surface area contributed by atoms with Crippen molar-refractivity contribution in [2.75, 3.05) is 11.1 Å². The zero-order valence-corrected chi connectivity index (χ0v) is 19.1. The summed E-state index contributed by atoms with van der Waals surface area (Å²) in [6, 6.07) is 14.3. The standard InChI is InChI=1S/C23H34N2O2Si/c1-7-8-15-28(5,6)27-19-13-14-20(24)21(16-19)25-22(26)17-9-11-18(12-10-17)23(2,3)4/h9-14,16H,7-8,15,24H2,1-6H3,(H,25,26). The molecule has 1 amide bonds. The summed E-state index contributed by atoms with van der Waals surface area (Å²) < 4.78 is 6.27. The summed E-state index contributed by atoms with van der Waals surface area (Å²) in [4.78, 5) is 12.7. The van der Waals surface area contributed by atoms with Gasteiger partial charge in [0, 0.05) is 11.6 Å². The summed E-state index contributed by atoms with van der Waals surface area (Å²) in [5.74, 6) is 0.590. The molecule has 0 saturated carbocycles. The lowest BCUT2D eigenvalue weighted by molar-refractivity contribution is 0.102. The van der Waals surface area contributed by atoms with E-state index in [0.29, 0.717) is 16.9 Å². The van der Waals surface area contributed by atoms with Crippen LogP contribution in [0.25, 0.3) is 0 Å². The highest BCUT2D eigenvalue weighted by atomic mass is 28.4. The number of carbonyl (C=O) groups is 1. The lowest BCUT2D eigenvalue weighted by Crippen LogP contribution is -2.33. The van der Waals surface area contributed by atoms with Crippen LogP contribution in [0.1, 0.15) is 56.5 Å². The maximum Gasteiger partial charge on any atom is 0.255 e. The van der Waals surface area contributed by atoms with E-state index in [0.717, 1.165) is 18.2 Å². The molecule has 28 heavy (non-hydrogen) atoms. The van der Waals surface area contributed by atoms with Crippen LogP contribution in [0.15, 0.2) is 42.5 Å². The van der Waals surface area contributed by atoms with Gasteiger partial charge >= 0.3 is 0 Å². The van der Waals surface area contributed by atoms with E-state index in [-0.39, 0.29) is 11.3 Å². The Bertz CT molecular complexity index is 808. The van der Waals surface area contributed by atoms with E-state index in [1.807, 2.05) is 36.4 Å². The smallest absolute Gasteiger partial charge is 0.255 e. The zero-order valence-electron chi connectivity index (χ0n) is 18.1. The van der Waals surface area contributed by atoms with E-state index in [4.69, 9.17) is 10.2 Å². The van der Waals surface area contributed by atoms with Gasteiger partial charge in [-0.05, 0) is 54.4 Å². The lowest BCUT2D eigenvalue weighted by Gasteiger charge is -2.24. The van der Waals surface area contributed by atoms with Gasteiger partial charge in [0.25, 0.3) is 5.91 Å². The van der Waals surface area contributed by atoms with Gasteiger partial charge in [-0.3, -0.25) is 4.79 Å². The van der Waals surface area contributed by atoms with Crippen molar-refractivity contribution in [3.8, 4) is 5.75 Å². The van der Waals surface area contributed by atoms with Gasteiger partial charge in [0.15, 0.2) is 0 Å². The number of hydrogen-bond acceptors (Lipinski definition) is 3. The second-order valence-corrected chi connectivity index (χ2v) is 13.2. The van der Waals surface area contributed by atoms with Crippen LogP contribution in [0.5, 0.6) is 5.75 Å². The molecule has 0 heterocycles. The zero-order chi connectivity index (χ0) is 20.9. The Balaban J connectivity index is 2.14. The molecule has 0 aromatic heterocycles. The van der Waals surface area contributed by atoms with E-state index >= 15 is 0 Å². The second-order valence-electron chi connectivity index (χ2n) is 9.00. The Morgan fingerprint density at radius 2 is 1.75 bits per heavy atom. The molecule has 5 heteroatoms. The molecule has 0 bridgehead atoms. The number of nitrogens with one attached hydrogen (secondary N) is 1. The first-order valence-electron chi connectivity index (χ1n) is 10.0. The number of nitrogen functional groups attached to an aromatic ring is 1. The minimum absolute atomic E-state index is 0.0551. The molecule has 2 rings (SSSR count). The lowest BCUT2D eigenvalue weighted by atomic mass is 9.87. The number of nitrogens with two attached hydrogens (primary N) is 1. The average molecular weight is 399 g/mol. The third-order valence-electron chi connectivity index (χ3n) is 4.81. The van der Waals surface area contributed by atoms with Crippen molar-refractivity contribution in [1.29, 1.82) is 0 Å². The molecule has 0 saturated heterocycles. The molecule has 2 aromatic rings. The van der Waals surface area contributed by atoms with Crippen LogP contribution in [0.4, 0.5) is 11.4 Å². The van der Waals surface area contributed by atoms with Gasteiger partial charge in [0.1, 0.15) is 5.75 Å². The van der Waals surface area contributed by atoms with Gasteiger partial charge in [0.2, 0.25) is 8.32 Å². The maximum absolute atomic E-state index is 12.7. The molecule has 0 radical (unpaired) electrons. The minimum Gasteiger partial charge on any atom is -0.544 e. The third kappa shape index (κ3) is 6.13. The van der Waals surface area contributed by atoms with Crippen LogP contribution in [0, 0.1) is 0 Å². The van der Waals surface area contributed by atoms with E-state index < -0.39 is 8.32 Å². The summed E-state index contributed by atoms with van der Waals surface area (Å²) in [7, 11) is -1.79. The Kier molecular flexibility index (Phi) is 6.94. The summed E-state index contributed by atoms with van der Waals surface area (Å²) in [6.07, 6.45) is 2.33. The predicted molar refractivity (Wildman–Crippen MR) is 122 cm³/mol. The van der Waals surface area contributed by atoms with Gasteiger partial charge in [0.05, 0.1) is 11.4 Å². The summed E-state index contributed by atoms with van der Waals surface area (Å²) in [6.45, 7) is 13.1. The fourth-order valence-electron chi connectivity index (χ4n) is 3.00. The fourth-order valence-corrected chi connectivity index (χ4v) is 5.07. The molecular formula is C23H34N2O2Si. The normalized spacial score (nSPS) is 11.9. The third-order valence-corrected chi connectivity index (χ3v) is 7.16. The molecule has 0 atom stereocenters. The van der Waals surface area contributed by atoms with Crippen molar-refractivity contribution in [2.45, 2.75) is 65.1 Å². The van der Waals surface area contributed by atoms with E-state index in [9.17, 15) is 4.79 Å². The van der Waals surface area contributed by atoms with Crippen LogP contribution in [-0.2, 0) is 5.41 Å². The number of amides is 1. The van der Waals surface area contributed by atoms with E-state index in [1.54, 1.807) is 6.07 Å². The molecule has 0 spiro atoms. The molecule has 4 nitrogen and oxygen atoms in total. The molecule has 2 aromatic carbocycles. The highest BCUT2D eigenvalue weighted by Crippen LogP contribution is 2.29. The van der Waals surface area contributed by atoms with Gasteiger partial charge < -0.3 is 15.5 Å². The Morgan fingerprint density at radius 1 is 1.11 bits per heavy atom. The SMILES string of the molecule is CCCC[Si](C)(C)Oc1ccc(N)c(NC(=O)c2ccc(C(C)(C)C)cc2)c1. The van der Waals surface area contributed by atoms with Crippen LogP contribution >= 0.6 is 0 Å². The Labute approximate surface area is 170 Å². The number of carbonyl (C=O) groups excluding carboxylic acids is 1. The van der Waals surface area contributed by atoms with Crippen molar-refractivity contribution in [2.24, 2.45) is 0 Å². The van der Waals surface area contributed by atoms with E-state index in [1.165, 1.54) is 12.0 Å². The van der Waals surface area contributed by atoms with Crippen LogP contribution < -0.4 is 15.5 Å². The number of hydrogen-bond donors (Lipinski definition) is 2. The first-order valence-corrected chi connectivity index (χ1v) is 13.1. The monoisotopic (exact) mass is 398 g/mol. The molecule has 0 unspecified atom stereocenters. The number of anilines is 2. The maximum atomic E-state index is 12.7. The quantitative estimate of drug-likeness (QED) is 0.431. The van der Waals surface area contributed by atoms with Gasteiger partial charge in [-0.2, -0.15) is 0 Å². The molecule has 152 valence electrons. The summed E-state index contributed by atoms with van der Waals surface area (Å²) >= 11 is 0. The molecule has 0 aliphatic heterocycles. The number of rotatable bonds is 7. The molecular weight excluding hydrogens is 364 g/mol. The Hall–Kier alpha value is -2.27. The molecule has 3 N–H and O–H groups in total. The number of unbranched alkanes of at least 4 members (excludes halogenated alkanes) is 1. The summed E-state index contributed by atoms with van der Waals surface area (Å²) in [5, 5.41) is 2.93. The van der Waals surface area contributed by atoms with Crippen molar-refractivity contribution < 1.29 is 9.22 Å². The van der Waals surface area contributed by atoms with Crippen molar-refractivity contribution >= 4 is 25.6 Å². The van der Waals surface area contributed by atoms with Crippen molar-refractivity contribution in [1.82, 2.24) is 0 Å². The predicted octanol–water partition coefficient (Wildman–Crippen LogP) is 6.20. The topological polar surface area (TPSA) is 64.3 Å².